The molecule has 0 radical (unpaired) electrons. The second kappa shape index (κ2) is 6.66. The number of ether oxygens (including phenoxy) is 1. The third kappa shape index (κ3) is 2.84. The molecule has 1 aromatic heterocycles. The molecule has 0 unspecified atom stereocenters. The minimum atomic E-state index is -0.554. The summed E-state index contributed by atoms with van der Waals surface area (Å²) in [5, 5.41) is 13.0. The van der Waals surface area contributed by atoms with Crippen LogP contribution in [0.3, 0.4) is 0 Å². The van der Waals surface area contributed by atoms with Crippen molar-refractivity contribution in [2.75, 3.05) is 0 Å². The fourth-order valence-corrected chi connectivity index (χ4v) is 3.69. The van der Waals surface area contributed by atoms with Gasteiger partial charge in [-0.3, -0.25) is 10.1 Å². The largest absolute Gasteiger partial charge is 0.402 e. The Bertz CT molecular complexity index is 1410. The van der Waals surface area contributed by atoms with Gasteiger partial charge in [-0.05, 0) is 42.0 Å². The van der Waals surface area contributed by atoms with Gasteiger partial charge in [0.05, 0.1) is 4.92 Å². The number of esters is 1. The monoisotopic (exact) mass is 397 g/mol. The highest BCUT2D eigenvalue weighted by molar-refractivity contribution is 6.13. The van der Waals surface area contributed by atoms with E-state index in [2.05, 4.69) is 21.7 Å². The number of carbonyl (C=O) groups excluding carboxylic acids is 1. The summed E-state index contributed by atoms with van der Waals surface area (Å²) in [4.78, 5) is 26.9. The van der Waals surface area contributed by atoms with Crippen molar-refractivity contribution in [1.82, 2.24) is 4.57 Å². The van der Waals surface area contributed by atoms with Gasteiger partial charge in [-0.15, -0.1) is 0 Å². The van der Waals surface area contributed by atoms with Crippen molar-refractivity contribution in [3.8, 4) is 0 Å². The maximum Gasteiger partial charge on any atom is 0.363 e. The SMILES string of the molecule is Cn1c2ccccc2c2cc(C=C3N=C(c4ccc([N+](=O)[O-])cc4)OC3=O)ccc21. The van der Waals surface area contributed by atoms with Crippen LogP contribution >= 0.6 is 0 Å². The first-order valence-corrected chi connectivity index (χ1v) is 9.26. The van der Waals surface area contributed by atoms with Crippen LogP contribution < -0.4 is 0 Å². The maximum atomic E-state index is 12.3. The number of carbonyl (C=O) groups is 1. The number of aliphatic imine (C=N–C) groups is 1. The summed E-state index contributed by atoms with van der Waals surface area (Å²) in [6, 6.07) is 19.8. The topological polar surface area (TPSA) is 86.7 Å². The quantitative estimate of drug-likeness (QED) is 0.219. The second-order valence-corrected chi connectivity index (χ2v) is 6.99. The van der Waals surface area contributed by atoms with Crippen LogP contribution in [0, 0.1) is 10.1 Å². The first-order valence-electron chi connectivity index (χ1n) is 9.26. The number of non-ortho nitro benzene ring substituents is 1. The van der Waals surface area contributed by atoms with Gasteiger partial charge < -0.3 is 9.30 Å². The molecule has 5 rings (SSSR count). The molecule has 0 atom stereocenters. The highest BCUT2D eigenvalue weighted by Crippen LogP contribution is 2.30. The van der Waals surface area contributed by atoms with Crippen molar-refractivity contribution in [1.29, 1.82) is 0 Å². The summed E-state index contributed by atoms with van der Waals surface area (Å²) < 4.78 is 7.40. The van der Waals surface area contributed by atoms with E-state index in [0.717, 1.165) is 27.4 Å². The molecule has 7 heteroatoms. The summed E-state index contributed by atoms with van der Waals surface area (Å²) in [5.41, 5.74) is 3.71. The molecule has 0 aliphatic carbocycles. The number of hydrogen-bond donors (Lipinski definition) is 0. The summed E-state index contributed by atoms with van der Waals surface area (Å²) in [7, 11) is 2.03. The van der Waals surface area contributed by atoms with Crippen LogP contribution in [0.5, 0.6) is 0 Å². The molecule has 0 bridgehead atoms. The lowest BCUT2D eigenvalue weighted by Gasteiger charge is -1.99. The van der Waals surface area contributed by atoms with E-state index in [1.54, 1.807) is 6.08 Å². The predicted octanol–water partition coefficient (Wildman–Crippen LogP) is 4.58. The Kier molecular flexibility index (Phi) is 3.96. The summed E-state index contributed by atoms with van der Waals surface area (Å²) in [5.74, 6) is -0.422. The zero-order chi connectivity index (χ0) is 20.8. The summed E-state index contributed by atoms with van der Waals surface area (Å²) in [6.45, 7) is 0. The maximum absolute atomic E-state index is 12.3. The fourth-order valence-electron chi connectivity index (χ4n) is 3.69. The van der Waals surface area contributed by atoms with Gasteiger partial charge in [-0.2, -0.15) is 0 Å². The highest BCUT2D eigenvalue weighted by atomic mass is 16.6. The van der Waals surface area contributed by atoms with E-state index in [4.69, 9.17) is 4.74 Å². The summed E-state index contributed by atoms with van der Waals surface area (Å²) >= 11 is 0. The molecule has 2 heterocycles. The minimum absolute atomic E-state index is 0.0390. The number of aryl methyl sites for hydroxylation is 1. The molecule has 1 aliphatic heterocycles. The van der Waals surface area contributed by atoms with Crippen molar-refractivity contribution in [2.45, 2.75) is 0 Å². The lowest BCUT2D eigenvalue weighted by molar-refractivity contribution is -0.384. The molecule has 30 heavy (non-hydrogen) atoms. The van der Waals surface area contributed by atoms with Crippen LogP contribution in [0.2, 0.25) is 0 Å². The zero-order valence-corrected chi connectivity index (χ0v) is 15.9. The van der Waals surface area contributed by atoms with Crippen molar-refractivity contribution < 1.29 is 14.5 Å². The first kappa shape index (κ1) is 17.8. The molecule has 0 amide bonds. The van der Waals surface area contributed by atoms with Gasteiger partial charge in [-0.25, -0.2) is 9.79 Å². The molecule has 0 saturated heterocycles. The van der Waals surface area contributed by atoms with Gasteiger partial charge in [0.1, 0.15) is 0 Å². The molecule has 3 aromatic carbocycles. The zero-order valence-electron chi connectivity index (χ0n) is 15.9. The third-order valence-corrected chi connectivity index (χ3v) is 5.19. The van der Waals surface area contributed by atoms with E-state index in [1.165, 1.54) is 24.3 Å². The first-order chi connectivity index (χ1) is 14.5. The average Bonchev–Trinajstić information content (AvgIpc) is 3.26. The van der Waals surface area contributed by atoms with Gasteiger partial charge in [0.15, 0.2) is 5.70 Å². The Hall–Kier alpha value is -4.26. The van der Waals surface area contributed by atoms with E-state index in [1.807, 2.05) is 37.4 Å². The van der Waals surface area contributed by atoms with E-state index in [9.17, 15) is 14.9 Å². The van der Waals surface area contributed by atoms with Crippen molar-refractivity contribution in [3.05, 3.63) is 93.7 Å². The van der Waals surface area contributed by atoms with E-state index in [-0.39, 0.29) is 17.3 Å². The number of aromatic nitrogens is 1. The van der Waals surface area contributed by atoms with Crippen molar-refractivity contribution in [3.63, 3.8) is 0 Å². The molecule has 0 N–H and O–H groups in total. The number of fused-ring (bicyclic) bond motifs is 3. The van der Waals surface area contributed by atoms with Gasteiger partial charge in [0, 0.05) is 46.5 Å². The molecule has 1 aliphatic rings. The number of nitro benzene ring substituents is 1. The normalized spacial score (nSPS) is 15.0. The molecule has 0 spiro atoms. The van der Waals surface area contributed by atoms with E-state index in [0.29, 0.717) is 5.56 Å². The number of nitrogens with zero attached hydrogens (tertiary/aromatic N) is 3. The minimum Gasteiger partial charge on any atom is -0.402 e. The van der Waals surface area contributed by atoms with E-state index < -0.39 is 10.9 Å². The smallest absolute Gasteiger partial charge is 0.363 e. The Morgan fingerprint density at radius 1 is 1.00 bits per heavy atom. The van der Waals surface area contributed by atoms with Crippen LogP contribution in [0.25, 0.3) is 27.9 Å². The number of cyclic esters (lactones) is 1. The van der Waals surface area contributed by atoms with Gasteiger partial charge >= 0.3 is 5.97 Å². The molecule has 0 fully saturated rings. The fraction of sp³-hybridized carbons (Fsp3) is 0.0435. The van der Waals surface area contributed by atoms with Gasteiger partial charge in [0.25, 0.3) is 5.69 Å². The van der Waals surface area contributed by atoms with Crippen molar-refractivity contribution in [2.24, 2.45) is 12.0 Å². The molecule has 146 valence electrons. The molecular weight excluding hydrogens is 382 g/mol. The highest BCUT2D eigenvalue weighted by Gasteiger charge is 2.24. The Morgan fingerprint density at radius 2 is 1.73 bits per heavy atom. The number of rotatable bonds is 3. The molecule has 4 aromatic rings. The number of benzene rings is 3. The molecular formula is C23H15N3O4. The predicted molar refractivity (Wildman–Crippen MR) is 114 cm³/mol. The lowest BCUT2D eigenvalue weighted by Crippen LogP contribution is -2.05. The molecule has 0 saturated carbocycles. The van der Waals surface area contributed by atoms with Gasteiger partial charge in [0.2, 0.25) is 5.90 Å². The van der Waals surface area contributed by atoms with Crippen LogP contribution in [0.4, 0.5) is 5.69 Å². The standard InChI is InChI=1S/C23H15N3O4/c1-25-20-5-3-2-4-17(20)18-12-14(6-11-21(18)25)13-19-23(27)30-22(24-19)15-7-9-16(10-8-15)26(28)29/h2-13H,1H3. The Labute approximate surface area is 170 Å². The number of para-hydroxylation sites is 1. The van der Waals surface area contributed by atoms with Crippen LogP contribution in [-0.4, -0.2) is 21.4 Å². The average molecular weight is 397 g/mol. The Balaban J connectivity index is 1.54. The summed E-state index contributed by atoms with van der Waals surface area (Å²) in [6.07, 6.45) is 1.68. The van der Waals surface area contributed by atoms with Crippen molar-refractivity contribution >= 4 is 45.4 Å². The number of nitro groups is 1. The van der Waals surface area contributed by atoms with Gasteiger partial charge in [-0.1, -0.05) is 24.3 Å². The Morgan fingerprint density at radius 3 is 2.50 bits per heavy atom. The third-order valence-electron chi connectivity index (χ3n) is 5.19. The lowest BCUT2D eigenvalue weighted by atomic mass is 10.1. The second-order valence-electron chi connectivity index (χ2n) is 6.99. The molecule has 7 nitrogen and oxygen atoms in total. The number of hydrogen-bond acceptors (Lipinski definition) is 5. The van der Waals surface area contributed by atoms with Crippen LogP contribution in [0.1, 0.15) is 11.1 Å². The van der Waals surface area contributed by atoms with E-state index >= 15 is 0 Å². The van der Waals surface area contributed by atoms with Crippen LogP contribution in [0.15, 0.2) is 77.4 Å². The van der Waals surface area contributed by atoms with Crippen LogP contribution in [-0.2, 0) is 16.6 Å².